The van der Waals surface area contributed by atoms with Crippen molar-refractivity contribution in [3.63, 3.8) is 0 Å². The smallest absolute Gasteiger partial charge is 0.410 e. The van der Waals surface area contributed by atoms with Gasteiger partial charge in [-0.3, -0.25) is 9.36 Å². The number of ether oxygens (including phenoxy) is 2. The number of aromatic hydroxyl groups is 1. The van der Waals surface area contributed by atoms with E-state index in [0.717, 1.165) is 0 Å². The minimum Gasteiger partial charge on any atom is -0.508 e. The second-order valence-corrected chi connectivity index (χ2v) is 8.66. The molecule has 2 saturated heterocycles. The van der Waals surface area contributed by atoms with Crippen LogP contribution in [-0.4, -0.2) is 56.5 Å². The van der Waals surface area contributed by atoms with Gasteiger partial charge in [0, 0.05) is 13.0 Å². The number of fused-ring (bicyclic) bond motifs is 1. The summed E-state index contributed by atoms with van der Waals surface area (Å²) in [5.74, 6) is 0.0343. The third kappa shape index (κ3) is 3.44. The van der Waals surface area contributed by atoms with Crippen LogP contribution in [0.4, 0.5) is 4.79 Å². The summed E-state index contributed by atoms with van der Waals surface area (Å²) in [6, 6.07) is 4.41. The quantitative estimate of drug-likeness (QED) is 0.808. The molecule has 28 heavy (non-hydrogen) atoms. The van der Waals surface area contributed by atoms with Gasteiger partial charge in [0.25, 0.3) is 5.56 Å². The van der Waals surface area contributed by atoms with Gasteiger partial charge in [0.05, 0.1) is 42.0 Å². The number of phenols is 1. The van der Waals surface area contributed by atoms with Gasteiger partial charge in [-0.2, -0.15) is 0 Å². The van der Waals surface area contributed by atoms with E-state index in [2.05, 4.69) is 4.98 Å². The number of aromatic nitrogens is 2. The number of carbonyl (C=O) groups is 1. The highest BCUT2D eigenvalue weighted by molar-refractivity contribution is 5.78. The molecule has 1 aromatic heterocycles. The maximum absolute atomic E-state index is 12.9. The van der Waals surface area contributed by atoms with Gasteiger partial charge in [0.15, 0.2) is 0 Å². The van der Waals surface area contributed by atoms with Crippen molar-refractivity contribution in [3.05, 3.63) is 34.9 Å². The SMILES string of the molecule is CC(C)(C)OC(=O)N1CCC2(CC(n3cnc4ccc(O)cc4c3=O)CO2)C1. The highest BCUT2D eigenvalue weighted by Crippen LogP contribution is 2.40. The van der Waals surface area contributed by atoms with Crippen LogP contribution in [0.5, 0.6) is 5.75 Å². The van der Waals surface area contributed by atoms with Gasteiger partial charge in [-0.1, -0.05) is 0 Å². The van der Waals surface area contributed by atoms with Gasteiger partial charge in [-0.15, -0.1) is 0 Å². The summed E-state index contributed by atoms with van der Waals surface area (Å²) in [6.07, 6.45) is 2.53. The predicted molar refractivity (Wildman–Crippen MR) is 102 cm³/mol. The molecule has 0 radical (unpaired) electrons. The molecule has 8 nitrogen and oxygen atoms in total. The number of carbonyl (C=O) groups excluding carboxylic acids is 1. The van der Waals surface area contributed by atoms with Gasteiger partial charge in [0.2, 0.25) is 0 Å². The number of benzene rings is 1. The van der Waals surface area contributed by atoms with Crippen molar-refractivity contribution < 1.29 is 19.4 Å². The standard InChI is InChI=1S/C20H25N3O5/c1-19(2,3)28-18(26)22-7-6-20(11-22)9-13(10-27-20)23-12-21-16-5-4-14(24)8-15(16)17(23)25/h4-5,8,12-13,24H,6-7,9-11H2,1-3H3. The Morgan fingerprint density at radius 3 is 2.93 bits per heavy atom. The Bertz CT molecular complexity index is 980. The van der Waals surface area contributed by atoms with E-state index in [1.807, 2.05) is 20.8 Å². The third-order valence-electron chi connectivity index (χ3n) is 5.32. The fourth-order valence-electron chi connectivity index (χ4n) is 3.99. The summed E-state index contributed by atoms with van der Waals surface area (Å²) in [6.45, 7) is 6.94. The molecule has 2 aliphatic heterocycles. The molecule has 0 bridgehead atoms. The first kappa shape index (κ1) is 18.7. The first-order valence-electron chi connectivity index (χ1n) is 9.48. The van der Waals surface area contributed by atoms with Crippen molar-refractivity contribution in [1.29, 1.82) is 0 Å². The van der Waals surface area contributed by atoms with Crippen LogP contribution in [0.15, 0.2) is 29.3 Å². The van der Waals surface area contributed by atoms with Gasteiger partial charge in [0.1, 0.15) is 11.4 Å². The zero-order chi connectivity index (χ0) is 20.1. The molecule has 4 rings (SSSR count). The molecule has 0 aliphatic carbocycles. The lowest BCUT2D eigenvalue weighted by molar-refractivity contribution is 0.000168. The molecule has 150 valence electrons. The van der Waals surface area contributed by atoms with E-state index in [9.17, 15) is 14.7 Å². The van der Waals surface area contributed by atoms with Crippen LogP contribution in [0.1, 0.15) is 39.7 Å². The number of phenolic OH excluding ortho intramolecular Hbond substituents is 1. The lowest BCUT2D eigenvalue weighted by Crippen LogP contribution is -2.39. The van der Waals surface area contributed by atoms with Gasteiger partial charge < -0.3 is 19.5 Å². The average molecular weight is 387 g/mol. The largest absolute Gasteiger partial charge is 0.508 e. The lowest BCUT2D eigenvalue weighted by Gasteiger charge is -2.26. The Morgan fingerprint density at radius 1 is 1.39 bits per heavy atom. The fourth-order valence-corrected chi connectivity index (χ4v) is 3.99. The molecule has 2 aromatic rings. The van der Waals surface area contributed by atoms with Crippen LogP contribution < -0.4 is 5.56 Å². The zero-order valence-electron chi connectivity index (χ0n) is 16.3. The minimum atomic E-state index is -0.540. The molecule has 1 N–H and O–H groups in total. The topological polar surface area (TPSA) is 93.9 Å². The molecule has 2 unspecified atom stereocenters. The van der Waals surface area contributed by atoms with Crippen LogP contribution in [0.2, 0.25) is 0 Å². The van der Waals surface area contributed by atoms with Crippen molar-refractivity contribution >= 4 is 17.0 Å². The van der Waals surface area contributed by atoms with E-state index in [4.69, 9.17) is 9.47 Å². The first-order valence-corrected chi connectivity index (χ1v) is 9.48. The second kappa shape index (κ2) is 6.48. The Morgan fingerprint density at radius 2 is 2.18 bits per heavy atom. The van der Waals surface area contributed by atoms with Crippen LogP contribution in [-0.2, 0) is 9.47 Å². The van der Waals surface area contributed by atoms with Crippen LogP contribution in [0.25, 0.3) is 10.9 Å². The molecule has 2 fully saturated rings. The summed E-state index contributed by atoms with van der Waals surface area (Å²) in [5.41, 5.74) is -0.658. The van der Waals surface area contributed by atoms with E-state index >= 15 is 0 Å². The number of hydrogen-bond acceptors (Lipinski definition) is 6. The number of likely N-dealkylation sites (tertiary alicyclic amines) is 1. The molecule has 1 amide bonds. The molecular formula is C20H25N3O5. The zero-order valence-corrected chi connectivity index (χ0v) is 16.3. The second-order valence-electron chi connectivity index (χ2n) is 8.66. The van der Waals surface area contributed by atoms with Crippen LogP contribution in [0, 0.1) is 0 Å². The van der Waals surface area contributed by atoms with Crippen molar-refractivity contribution in [2.24, 2.45) is 0 Å². The van der Waals surface area contributed by atoms with E-state index in [0.29, 0.717) is 43.4 Å². The highest BCUT2D eigenvalue weighted by Gasteiger charge is 2.48. The summed E-state index contributed by atoms with van der Waals surface area (Å²) in [7, 11) is 0. The molecule has 1 spiro atoms. The highest BCUT2D eigenvalue weighted by atomic mass is 16.6. The van der Waals surface area contributed by atoms with E-state index in [1.54, 1.807) is 15.5 Å². The average Bonchev–Trinajstić information content (AvgIpc) is 3.22. The molecule has 2 atom stereocenters. The normalized spacial score (nSPS) is 25.0. The Balaban J connectivity index is 1.52. The van der Waals surface area contributed by atoms with Gasteiger partial charge >= 0.3 is 6.09 Å². The Kier molecular flexibility index (Phi) is 4.33. The molecule has 8 heteroatoms. The van der Waals surface area contributed by atoms with Crippen molar-refractivity contribution in [1.82, 2.24) is 14.5 Å². The summed E-state index contributed by atoms with van der Waals surface area (Å²) < 4.78 is 13.1. The van der Waals surface area contributed by atoms with Crippen molar-refractivity contribution in [2.45, 2.75) is 50.9 Å². The maximum atomic E-state index is 12.9. The molecule has 2 aliphatic rings. The molecule has 3 heterocycles. The molecular weight excluding hydrogens is 362 g/mol. The Hall–Kier alpha value is -2.61. The number of amides is 1. The number of rotatable bonds is 1. The van der Waals surface area contributed by atoms with Crippen LogP contribution >= 0.6 is 0 Å². The monoisotopic (exact) mass is 387 g/mol. The van der Waals surface area contributed by atoms with Gasteiger partial charge in [-0.05, 0) is 45.4 Å². The van der Waals surface area contributed by atoms with Crippen molar-refractivity contribution in [3.8, 4) is 5.75 Å². The molecule has 0 saturated carbocycles. The summed E-state index contributed by atoms with van der Waals surface area (Å²) in [5, 5.41) is 10.1. The van der Waals surface area contributed by atoms with E-state index < -0.39 is 11.2 Å². The minimum absolute atomic E-state index is 0.0343. The summed E-state index contributed by atoms with van der Waals surface area (Å²) >= 11 is 0. The summed E-state index contributed by atoms with van der Waals surface area (Å²) in [4.78, 5) is 31.2. The van der Waals surface area contributed by atoms with Gasteiger partial charge in [-0.25, -0.2) is 9.78 Å². The van der Waals surface area contributed by atoms with E-state index in [1.165, 1.54) is 18.5 Å². The maximum Gasteiger partial charge on any atom is 0.410 e. The lowest BCUT2D eigenvalue weighted by atomic mass is 9.97. The van der Waals surface area contributed by atoms with Crippen LogP contribution in [0.3, 0.4) is 0 Å². The first-order chi connectivity index (χ1) is 13.2. The van der Waals surface area contributed by atoms with Crippen molar-refractivity contribution in [2.75, 3.05) is 19.7 Å². The third-order valence-corrected chi connectivity index (χ3v) is 5.32. The fraction of sp³-hybridized carbons (Fsp3) is 0.550. The Labute approximate surface area is 162 Å². The predicted octanol–water partition coefficient (Wildman–Crippen LogP) is 2.44. The molecule has 1 aromatic carbocycles. The number of nitrogens with zero attached hydrogens (tertiary/aromatic N) is 3. The van der Waals surface area contributed by atoms with E-state index in [-0.39, 0.29) is 23.4 Å². The number of hydrogen-bond donors (Lipinski definition) is 1.